The number of hydrogen-bond acceptors (Lipinski definition) is 4. The van der Waals surface area contributed by atoms with Gasteiger partial charge in [-0.1, -0.05) is 0 Å². The molecule has 2 aromatic rings. The van der Waals surface area contributed by atoms with Crippen LogP contribution in [0.3, 0.4) is 0 Å². The SMILES string of the molecule is CCN=C(N=N)Nc1ccc2c(O)[nH]c(O)c2c1. The van der Waals surface area contributed by atoms with E-state index >= 15 is 0 Å². The average Bonchev–Trinajstić information content (AvgIpc) is 2.64. The molecule has 1 heterocycles. The van der Waals surface area contributed by atoms with Crippen LogP contribution in [0, 0.1) is 5.53 Å². The Morgan fingerprint density at radius 2 is 2.06 bits per heavy atom. The van der Waals surface area contributed by atoms with E-state index in [4.69, 9.17) is 5.53 Å². The molecule has 18 heavy (non-hydrogen) atoms. The first-order valence-corrected chi connectivity index (χ1v) is 5.38. The molecule has 0 radical (unpaired) electrons. The van der Waals surface area contributed by atoms with Crippen molar-refractivity contribution in [1.82, 2.24) is 4.98 Å². The first-order valence-electron chi connectivity index (χ1n) is 5.38. The number of anilines is 1. The lowest BCUT2D eigenvalue weighted by Crippen LogP contribution is -2.08. The monoisotopic (exact) mass is 247 g/mol. The minimum atomic E-state index is -0.108. The van der Waals surface area contributed by atoms with Crippen LogP contribution in [0.2, 0.25) is 0 Å². The highest BCUT2D eigenvalue weighted by molar-refractivity contribution is 5.99. The summed E-state index contributed by atoms with van der Waals surface area (Å²) in [7, 11) is 0. The van der Waals surface area contributed by atoms with Gasteiger partial charge in [-0.2, -0.15) is 0 Å². The van der Waals surface area contributed by atoms with E-state index in [1.807, 2.05) is 6.92 Å². The predicted molar refractivity (Wildman–Crippen MR) is 68.4 cm³/mol. The molecule has 94 valence electrons. The molecule has 0 atom stereocenters. The molecular weight excluding hydrogens is 234 g/mol. The van der Waals surface area contributed by atoms with Crippen molar-refractivity contribution in [3.63, 3.8) is 0 Å². The molecule has 0 aliphatic carbocycles. The Morgan fingerprint density at radius 1 is 1.33 bits per heavy atom. The molecule has 0 spiro atoms. The highest BCUT2D eigenvalue weighted by Gasteiger charge is 2.09. The summed E-state index contributed by atoms with van der Waals surface area (Å²) >= 11 is 0. The number of aliphatic imine (C=N–C) groups is 1. The molecule has 0 saturated heterocycles. The van der Waals surface area contributed by atoms with Gasteiger partial charge in [-0.25, -0.2) is 5.53 Å². The van der Waals surface area contributed by atoms with E-state index in [0.717, 1.165) is 0 Å². The second kappa shape index (κ2) is 4.74. The zero-order valence-corrected chi connectivity index (χ0v) is 9.73. The van der Waals surface area contributed by atoms with Crippen LogP contribution in [0.15, 0.2) is 28.3 Å². The molecule has 1 aromatic carbocycles. The normalized spacial score (nSPS) is 11.7. The fourth-order valence-electron chi connectivity index (χ4n) is 1.65. The summed E-state index contributed by atoms with van der Waals surface area (Å²) in [5, 5.41) is 26.2. The summed E-state index contributed by atoms with van der Waals surface area (Å²) in [6, 6.07) is 4.99. The molecule has 0 aliphatic heterocycles. The van der Waals surface area contributed by atoms with E-state index < -0.39 is 0 Å². The number of aromatic hydroxyl groups is 2. The predicted octanol–water partition coefficient (Wildman–Crippen LogP) is 2.40. The molecule has 0 amide bonds. The van der Waals surface area contributed by atoms with Crippen LogP contribution in [0.5, 0.6) is 11.8 Å². The lowest BCUT2D eigenvalue weighted by molar-refractivity contribution is 0.429. The van der Waals surface area contributed by atoms with Crippen molar-refractivity contribution in [1.29, 1.82) is 5.53 Å². The van der Waals surface area contributed by atoms with Crippen LogP contribution >= 0.6 is 0 Å². The Hall–Kier alpha value is -2.57. The standard InChI is InChI=1S/C11H13N5O2/c1-2-13-11(16-12)14-6-3-4-7-8(5-6)10(18)15-9(7)17/h3-5,12,15,17-18H,2H2,1H3,(H,13,14). The summed E-state index contributed by atoms with van der Waals surface area (Å²) in [6.07, 6.45) is 0. The maximum Gasteiger partial charge on any atom is 0.241 e. The number of aromatic nitrogens is 1. The van der Waals surface area contributed by atoms with Crippen LogP contribution in [0.4, 0.5) is 5.69 Å². The number of guanidine groups is 1. The largest absolute Gasteiger partial charge is 0.494 e. The molecule has 2 rings (SSSR count). The molecule has 1 aromatic heterocycles. The van der Waals surface area contributed by atoms with Gasteiger partial charge in [-0.3, -0.25) is 9.98 Å². The Bertz CT molecular complexity index is 617. The van der Waals surface area contributed by atoms with Gasteiger partial charge in [0.25, 0.3) is 0 Å². The third kappa shape index (κ3) is 2.10. The smallest absolute Gasteiger partial charge is 0.241 e. The van der Waals surface area contributed by atoms with Gasteiger partial charge in [0.05, 0.1) is 0 Å². The summed E-state index contributed by atoms with van der Waals surface area (Å²) < 4.78 is 0. The van der Waals surface area contributed by atoms with E-state index in [1.165, 1.54) is 0 Å². The van der Waals surface area contributed by atoms with Crippen LogP contribution in [0.1, 0.15) is 6.92 Å². The molecule has 0 bridgehead atoms. The molecule has 0 fully saturated rings. The number of fused-ring (bicyclic) bond motifs is 1. The van der Waals surface area contributed by atoms with E-state index in [9.17, 15) is 10.2 Å². The van der Waals surface area contributed by atoms with E-state index in [-0.39, 0.29) is 17.7 Å². The Kier molecular flexibility index (Phi) is 3.13. The average molecular weight is 247 g/mol. The number of nitrogens with one attached hydrogen (secondary N) is 3. The van der Waals surface area contributed by atoms with E-state index in [0.29, 0.717) is 23.0 Å². The lowest BCUT2D eigenvalue weighted by atomic mass is 10.2. The topological polar surface area (TPSA) is 117 Å². The van der Waals surface area contributed by atoms with E-state index in [1.54, 1.807) is 18.2 Å². The third-order valence-electron chi connectivity index (χ3n) is 2.44. The van der Waals surface area contributed by atoms with Crippen molar-refractivity contribution in [2.75, 3.05) is 11.9 Å². The van der Waals surface area contributed by atoms with Crippen molar-refractivity contribution < 1.29 is 10.2 Å². The van der Waals surface area contributed by atoms with Gasteiger partial charge in [0, 0.05) is 23.0 Å². The van der Waals surface area contributed by atoms with Gasteiger partial charge in [0.2, 0.25) is 5.96 Å². The van der Waals surface area contributed by atoms with Crippen LogP contribution in [-0.4, -0.2) is 27.7 Å². The van der Waals surface area contributed by atoms with Crippen molar-refractivity contribution in [3.05, 3.63) is 18.2 Å². The first-order chi connectivity index (χ1) is 8.65. The number of benzene rings is 1. The van der Waals surface area contributed by atoms with Crippen LogP contribution in [0.25, 0.3) is 10.8 Å². The van der Waals surface area contributed by atoms with Gasteiger partial charge in [0.15, 0.2) is 11.8 Å². The molecule has 0 unspecified atom stereocenters. The highest BCUT2D eigenvalue weighted by Crippen LogP contribution is 2.33. The van der Waals surface area contributed by atoms with Crippen molar-refractivity contribution in [2.45, 2.75) is 6.92 Å². The minimum Gasteiger partial charge on any atom is -0.494 e. The van der Waals surface area contributed by atoms with Crippen molar-refractivity contribution >= 4 is 22.4 Å². The molecule has 0 saturated carbocycles. The van der Waals surface area contributed by atoms with Gasteiger partial charge in [-0.05, 0) is 25.1 Å². The summed E-state index contributed by atoms with van der Waals surface area (Å²) in [6.45, 7) is 2.36. The maximum absolute atomic E-state index is 9.58. The van der Waals surface area contributed by atoms with Crippen LogP contribution in [-0.2, 0) is 0 Å². The highest BCUT2D eigenvalue weighted by atomic mass is 16.3. The molecule has 7 heteroatoms. The molecule has 5 N–H and O–H groups in total. The zero-order valence-electron chi connectivity index (χ0n) is 9.73. The number of rotatable bonds is 2. The number of aromatic amines is 1. The molecule has 0 aliphatic rings. The second-order valence-corrected chi connectivity index (χ2v) is 3.62. The molecular formula is C11H13N5O2. The Labute approximate surface area is 103 Å². The minimum absolute atomic E-state index is 0.0818. The van der Waals surface area contributed by atoms with Gasteiger partial charge in [0.1, 0.15) is 0 Å². The number of H-pyrrole nitrogens is 1. The van der Waals surface area contributed by atoms with Gasteiger partial charge in [-0.15, -0.1) is 5.11 Å². The fourth-order valence-corrected chi connectivity index (χ4v) is 1.65. The maximum atomic E-state index is 9.58. The van der Waals surface area contributed by atoms with Crippen molar-refractivity contribution in [2.24, 2.45) is 10.1 Å². The second-order valence-electron chi connectivity index (χ2n) is 3.62. The quantitative estimate of drug-likeness (QED) is 0.318. The number of hydrogen-bond donors (Lipinski definition) is 5. The summed E-state index contributed by atoms with van der Waals surface area (Å²) in [5.74, 6) is 0.000665. The Morgan fingerprint density at radius 3 is 2.72 bits per heavy atom. The summed E-state index contributed by atoms with van der Waals surface area (Å²) in [5.41, 5.74) is 7.58. The van der Waals surface area contributed by atoms with Gasteiger partial charge < -0.3 is 15.5 Å². The van der Waals surface area contributed by atoms with Gasteiger partial charge >= 0.3 is 0 Å². The third-order valence-corrected chi connectivity index (χ3v) is 2.44. The number of nitrogens with zero attached hydrogens (tertiary/aromatic N) is 2. The first kappa shape index (κ1) is 11.9. The van der Waals surface area contributed by atoms with E-state index in [2.05, 4.69) is 20.4 Å². The molecule has 7 nitrogen and oxygen atoms in total. The lowest BCUT2D eigenvalue weighted by Gasteiger charge is -2.04. The van der Waals surface area contributed by atoms with Crippen molar-refractivity contribution in [3.8, 4) is 11.8 Å². The van der Waals surface area contributed by atoms with Crippen LogP contribution < -0.4 is 5.32 Å². The fraction of sp³-hybridized carbons (Fsp3) is 0.182. The zero-order chi connectivity index (χ0) is 13.1. The Balaban J connectivity index is 2.38. The summed E-state index contributed by atoms with van der Waals surface area (Å²) in [4.78, 5) is 6.41.